The molecular weight excluding hydrogens is 654 g/mol. The van der Waals surface area contributed by atoms with Gasteiger partial charge in [-0.05, 0) is 67.1 Å². The Bertz CT molecular complexity index is 1960. The number of halogens is 6. The second-order valence-corrected chi connectivity index (χ2v) is 10.7. The first-order valence-corrected chi connectivity index (χ1v) is 14.3. The van der Waals surface area contributed by atoms with Gasteiger partial charge < -0.3 is 14.5 Å². The summed E-state index contributed by atoms with van der Waals surface area (Å²) in [6, 6.07) is 18.5. The zero-order chi connectivity index (χ0) is 32.3. The van der Waals surface area contributed by atoms with E-state index < -0.39 is 23.6 Å². The summed E-state index contributed by atoms with van der Waals surface area (Å²) >= 11 is 19.2. The van der Waals surface area contributed by atoms with E-state index in [1.165, 1.54) is 30.5 Å². The number of nitrogens with one attached hydrogen (secondary N) is 2. The summed E-state index contributed by atoms with van der Waals surface area (Å²) in [7, 11) is 0. The number of benzene rings is 4. The molecule has 0 unspecified atom stereocenters. The fourth-order valence-corrected chi connectivity index (χ4v) is 5.33. The summed E-state index contributed by atoms with van der Waals surface area (Å²) in [5.41, 5.74) is 3.37. The lowest BCUT2D eigenvalue weighted by Gasteiger charge is -2.12. The Balaban J connectivity index is 1.38. The van der Waals surface area contributed by atoms with Gasteiger partial charge in [0.25, 0.3) is 5.91 Å². The van der Waals surface area contributed by atoms with Crippen LogP contribution < -0.4 is 14.9 Å². The first kappa shape index (κ1) is 31.9. The molecular formula is C32H21Cl3F3N3O4. The van der Waals surface area contributed by atoms with Crippen LogP contribution in [0, 0.1) is 0 Å². The fraction of sp³-hybridized carbons (Fsp3) is 0.0938. The molecule has 4 aromatic carbocycles. The molecule has 13 heteroatoms. The van der Waals surface area contributed by atoms with Gasteiger partial charge >= 0.3 is 12.1 Å². The lowest BCUT2D eigenvalue weighted by molar-refractivity contribution is -0.137. The van der Waals surface area contributed by atoms with Crippen molar-refractivity contribution in [3.63, 3.8) is 0 Å². The monoisotopic (exact) mass is 673 g/mol. The zero-order valence-corrected chi connectivity index (χ0v) is 25.4. The highest BCUT2D eigenvalue weighted by Gasteiger charge is 2.31. The van der Waals surface area contributed by atoms with E-state index in [4.69, 9.17) is 44.3 Å². The van der Waals surface area contributed by atoms with Gasteiger partial charge in [-0.1, -0.05) is 59.1 Å². The van der Waals surface area contributed by atoms with Gasteiger partial charge in [-0.2, -0.15) is 18.3 Å². The molecule has 0 saturated carbocycles. The number of hydrogen-bond donors (Lipinski definition) is 2. The van der Waals surface area contributed by atoms with E-state index in [-0.39, 0.29) is 29.4 Å². The smallest absolute Gasteiger partial charge is 0.416 e. The molecule has 0 aliphatic carbocycles. The number of carbonyl (C=O) groups excluding carboxylic acids is 2. The van der Waals surface area contributed by atoms with Crippen LogP contribution in [0.5, 0.6) is 11.5 Å². The van der Waals surface area contributed by atoms with Crippen LogP contribution in [0.4, 0.5) is 13.2 Å². The maximum atomic E-state index is 13.3. The highest BCUT2D eigenvalue weighted by atomic mass is 35.5. The average Bonchev–Trinajstić information content (AvgIpc) is 3.38. The van der Waals surface area contributed by atoms with Crippen molar-refractivity contribution in [1.29, 1.82) is 0 Å². The van der Waals surface area contributed by atoms with E-state index in [9.17, 15) is 22.8 Å². The quantitative estimate of drug-likeness (QED) is 0.0743. The number of amides is 1. The van der Waals surface area contributed by atoms with Gasteiger partial charge in [0.1, 0.15) is 5.69 Å². The molecule has 0 bridgehead atoms. The van der Waals surface area contributed by atoms with Gasteiger partial charge in [0, 0.05) is 32.1 Å². The van der Waals surface area contributed by atoms with Crippen molar-refractivity contribution in [2.75, 3.05) is 6.61 Å². The number of H-pyrrole nitrogens is 1. The number of nitrogens with zero attached hydrogens (tertiary/aromatic N) is 1. The molecule has 1 aromatic heterocycles. The number of carbonyl (C=O) groups is 2. The van der Waals surface area contributed by atoms with E-state index in [0.717, 1.165) is 12.1 Å². The molecule has 2 N–H and O–H groups in total. The minimum Gasteiger partial charge on any atom is -0.490 e. The number of rotatable bonds is 8. The number of aromatic nitrogens is 1. The van der Waals surface area contributed by atoms with Gasteiger partial charge in [0.05, 0.1) is 29.0 Å². The van der Waals surface area contributed by atoms with Crippen molar-refractivity contribution in [1.82, 2.24) is 10.4 Å². The molecule has 5 aromatic rings. The summed E-state index contributed by atoms with van der Waals surface area (Å²) in [6.45, 7) is 1.90. The van der Waals surface area contributed by atoms with E-state index >= 15 is 0 Å². The summed E-state index contributed by atoms with van der Waals surface area (Å²) in [5.74, 6) is -1.47. The second kappa shape index (κ2) is 13.2. The predicted octanol–water partition coefficient (Wildman–Crippen LogP) is 9.20. The molecule has 0 aliphatic rings. The molecule has 0 fully saturated rings. The predicted molar refractivity (Wildman–Crippen MR) is 168 cm³/mol. The number of fused-ring (bicyclic) bond motifs is 1. The molecule has 0 radical (unpaired) electrons. The molecule has 0 atom stereocenters. The van der Waals surface area contributed by atoms with Crippen LogP contribution in [0.3, 0.4) is 0 Å². The number of alkyl halides is 3. The largest absolute Gasteiger partial charge is 0.490 e. The van der Waals surface area contributed by atoms with Crippen LogP contribution in [0.15, 0.2) is 84.0 Å². The van der Waals surface area contributed by atoms with Gasteiger partial charge in [-0.15, -0.1) is 0 Å². The van der Waals surface area contributed by atoms with Crippen molar-refractivity contribution in [2.24, 2.45) is 5.10 Å². The third-order valence-electron chi connectivity index (χ3n) is 6.46. The molecule has 5 rings (SSSR count). The van der Waals surface area contributed by atoms with Crippen molar-refractivity contribution in [3.8, 4) is 22.6 Å². The Hall–Kier alpha value is -4.51. The zero-order valence-electron chi connectivity index (χ0n) is 23.1. The first-order valence-electron chi connectivity index (χ1n) is 13.2. The Morgan fingerprint density at radius 2 is 1.71 bits per heavy atom. The molecule has 0 aliphatic heterocycles. The van der Waals surface area contributed by atoms with Crippen molar-refractivity contribution >= 4 is 63.8 Å². The maximum absolute atomic E-state index is 13.3. The Morgan fingerprint density at radius 1 is 0.933 bits per heavy atom. The number of hydrogen-bond acceptors (Lipinski definition) is 5. The van der Waals surface area contributed by atoms with Crippen molar-refractivity contribution < 1.29 is 32.2 Å². The van der Waals surface area contributed by atoms with E-state index in [1.807, 2.05) is 0 Å². The van der Waals surface area contributed by atoms with Crippen LogP contribution in [0.1, 0.15) is 38.9 Å². The normalized spacial score (nSPS) is 11.6. The first-order chi connectivity index (χ1) is 21.5. The molecule has 1 amide bonds. The standard InChI is InChI=1S/C32H21Cl3F3N3O4/c1-2-44-26-12-17(10-11-25(26)45-31(43)18-6-5-7-19(13-18)32(36,37)38)16-39-41-30(42)29-27(21-8-3-4-9-22(21)34)28-23(35)14-20(33)15-24(28)40-29/h3-16,40H,2H2,1H3,(H,41,42). The summed E-state index contributed by atoms with van der Waals surface area (Å²) in [5, 5.41) is 5.70. The number of hydrazone groups is 1. The number of esters is 1. The third-order valence-corrected chi connectivity index (χ3v) is 7.31. The molecule has 230 valence electrons. The Kier molecular flexibility index (Phi) is 9.38. The van der Waals surface area contributed by atoms with E-state index in [0.29, 0.717) is 48.7 Å². The summed E-state index contributed by atoms with van der Waals surface area (Å²) in [6.07, 6.45) is -3.28. The van der Waals surface area contributed by atoms with Crippen LogP contribution in [-0.2, 0) is 6.18 Å². The third kappa shape index (κ3) is 7.09. The topological polar surface area (TPSA) is 92.8 Å². The van der Waals surface area contributed by atoms with E-state index in [1.54, 1.807) is 43.3 Å². The summed E-state index contributed by atoms with van der Waals surface area (Å²) < 4.78 is 50.2. The van der Waals surface area contributed by atoms with Gasteiger partial charge in [0.15, 0.2) is 11.5 Å². The lowest BCUT2D eigenvalue weighted by Crippen LogP contribution is -2.19. The molecule has 0 saturated heterocycles. The molecule has 45 heavy (non-hydrogen) atoms. The molecule has 7 nitrogen and oxygen atoms in total. The van der Waals surface area contributed by atoms with Gasteiger partial charge in [-0.3, -0.25) is 4.79 Å². The maximum Gasteiger partial charge on any atom is 0.416 e. The average molecular weight is 675 g/mol. The number of ether oxygens (including phenoxy) is 2. The van der Waals surface area contributed by atoms with Gasteiger partial charge in [0.2, 0.25) is 0 Å². The second-order valence-electron chi connectivity index (χ2n) is 9.47. The van der Waals surface area contributed by atoms with Crippen LogP contribution >= 0.6 is 34.8 Å². The van der Waals surface area contributed by atoms with Crippen molar-refractivity contribution in [2.45, 2.75) is 13.1 Å². The Morgan fingerprint density at radius 3 is 2.44 bits per heavy atom. The highest BCUT2D eigenvalue weighted by molar-refractivity contribution is 6.41. The Labute approximate surface area is 269 Å². The fourth-order valence-electron chi connectivity index (χ4n) is 4.51. The minimum absolute atomic E-state index is 0.0153. The van der Waals surface area contributed by atoms with Gasteiger partial charge in [-0.25, -0.2) is 10.2 Å². The lowest BCUT2D eigenvalue weighted by atomic mass is 10.0. The molecule has 0 spiro atoms. The number of aromatic amines is 1. The van der Waals surface area contributed by atoms with Crippen molar-refractivity contribution in [3.05, 3.63) is 116 Å². The van der Waals surface area contributed by atoms with Crippen LogP contribution in [0.25, 0.3) is 22.0 Å². The highest BCUT2D eigenvalue weighted by Crippen LogP contribution is 2.41. The minimum atomic E-state index is -4.62. The van der Waals surface area contributed by atoms with E-state index in [2.05, 4.69) is 15.5 Å². The van der Waals surface area contributed by atoms with Crippen LogP contribution in [0.2, 0.25) is 15.1 Å². The molecule has 1 heterocycles. The summed E-state index contributed by atoms with van der Waals surface area (Å²) in [4.78, 5) is 29.0. The van der Waals surface area contributed by atoms with Crippen LogP contribution in [-0.4, -0.2) is 29.7 Å². The SMILES string of the molecule is CCOc1cc(C=NNC(=O)c2[nH]c3cc(Cl)cc(Cl)c3c2-c2ccccc2Cl)ccc1OC(=O)c1cccc(C(F)(F)F)c1.